The van der Waals surface area contributed by atoms with Crippen LogP contribution in [0.4, 0.5) is 5.69 Å². The van der Waals surface area contributed by atoms with E-state index in [2.05, 4.69) is 48.8 Å². The largest absolute Gasteiger partial charge is 0.370 e. The van der Waals surface area contributed by atoms with Crippen molar-refractivity contribution in [3.05, 3.63) is 41.5 Å². The van der Waals surface area contributed by atoms with Crippen LogP contribution in [-0.2, 0) is 5.41 Å². The molecular formula is C21H26N2O. The van der Waals surface area contributed by atoms with E-state index in [1.165, 1.54) is 35.0 Å². The molecule has 126 valence electrons. The van der Waals surface area contributed by atoms with Crippen LogP contribution in [0.5, 0.6) is 0 Å². The maximum Gasteiger partial charge on any atom is 0.173 e. The van der Waals surface area contributed by atoms with E-state index in [0.717, 1.165) is 31.7 Å². The number of carbonyl (C=O) groups is 1. The molecule has 2 aromatic rings. The Labute approximate surface area is 144 Å². The Bertz CT molecular complexity index is 809. The molecule has 3 heteroatoms. The summed E-state index contributed by atoms with van der Waals surface area (Å²) >= 11 is 0. The first kappa shape index (κ1) is 15.6. The van der Waals surface area contributed by atoms with E-state index in [-0.39, 0.29) is 5.78 Å². The summed E-state index contributed by atoms with van der Waals surface area (Å²) in [5.74, 6) is 0.258. The topological polar surface area (TPSA) is 23.6 Å². The van der Waals surface area contributed by atoms with Crippen molar-refractivity contribution in [2.24, 2.45) is 0 Å². The lowest BCUT2D eigenvalue weighted by Gasteiger charge is -2.26. The average Bonchev–Trinajstić information content (AvgIpc) is 2.77. The van der Waals surface area contributed by atoms with Gasteiger partial charge in [-0.05, 0) is 50.4 Å². The first-order valence-electron chi connectivity index (χ1n) is 9.12. The van der Waals surface area contributed by atoms with Crippen molar-refractivity contribution in [3.8, 4) is 0 Å². The zero-order valence-corrected chi connectivity index (χ0v) is 14.9. The first-order chi connectivity index (χ1) is 11.5. The van der Waals surface area contributed by atoms with Gasteiger partial charge >= 0.3 is 0 Å². The summed E-state index contributed by atoms with van der Waals surface area (Å²) < 4.78 is 0. The predicted molar refractivity (Wildman–Crippen MR) is 100 cm³/mol. The number of hydrogen-bond donors (Lipinski definition) is 0. The maximum absolute atomic E-state index is 12.8. The van der Waals surface area contributed by atoms with Crippen molar-refractivity contribution in [3.63, 3.8) is 0 Å². The lowest BCUT2D eigenvalue weighted by Crippen LogP contribution is -2.30. The molecule has 1 fully saturated rings. The highest BCUT2D eigenvalue weighted by Crippen LogP contribution is 2.45. The molecule has 0 bridgehead atoms. The van der Waals surface area contributed by atoms with Crippen LogP contribution in [0.1, 0.15) is 43.1 Å². The van der Waals surface area contributed by atoms with Gasteiger partial charge in [0.05, 0.1) is 5.41 Å². The molecule has 24 heavy (non-hydrogen) atoms. The second kappa shape index (κ2) is 5.59. The number of likely N-dealkylation sites (N-methyl/N-ethyl adjacent to an activating group) is 1. The molecular weight excluding hydrogens is 296 g/mol. The molecule has 1 aliphatic carbocycles. The summed E-state index contributed by atoms with van der Waals surface area (Å²) in [6.45, 7) is 11.9. The maximum atomic E-state index is 12.8. The van der Waals surface area contributed by atoms with Crippen molar-refractivity contribution in [1.29, 1.82) is 0 Å². The standard InChI is InChI=1S/C21H26N2O/c1-4-22-11-6-12-23(14-13-22)18-10-9-17-19-15(18)7-5-8-16(19)20(24)21(17,2)3/h5,7-10H,4,6,11-14H2,1-3H3. The van der Waals surface area contributed by atoms with Crippen LogP contribution >= 0.6 is 0 Å². The molecule has 0 N–H and O–H groups in total. The molecule has 3 nitrogen and oxygen atoms in total. The lowest BCUT2D eigenvalue weighted by molar-refractivity contribution is 0.0920. The number of carbonyl (C=O) groups excluding carboxylic acids is 1. The predicted octanol–water partition coefficient (Wildman–Crippen LogP) is 3.85. The second-order valence-corrected chi connectivity index (χ2v) is 7.59. The molecule has 0 saturated carbocycles. The van der Waals surface area contributed by atoms with Gasteiger partial charge in [0.15, 0.2) is 5.78 Å². The quantitative estimate of drug-likeness (QED) is 0.839. The first-order valence-corrected chi connectivity index (χ1v) is 9.12. The van der Waals surface area contributed by atoms with Crippen LogP contribution in [0.15, 0.2) is 30.3 Å². The zero-order chi connectivity index (χ0) is 16.9. The van der Waals surface area contributed by atoms with Crippen molar-refractivity contribution < 1.29 is 4.79 Å². The number of hydrogen-bond acceptors (Lipinski definition) is 3. The number of nitrogens with zero attached hydrogens (tertiary/aromatic N) is 2. The molecule has 2 aliphatic rings. The molecule has 0 radical (unpaired) electrons. The minimum absolute atomic E-state index is 0.258. The average molecular weight is 322 g/mol. The van der Waals surface area contributed by atoms with Crippen molar-refractivity contribution in [1.82, 2.24) is 4.90 Å². The normalized spacial score (nSPS) is 20.6. The SMILES string of the molecule is CCN1CCCN(c2ccc3c4c(cccc24)C(=O)C3(C)C)CC1. The minimum Gasteiger partial charge on any atom is -0.370 e. The van der Waals surface area contributed by atoms with Gasteiger partial charge in [0.1, 0.15) is 0 Å². The Morgan fingerprint density at radius 2 is 1.88 bits per heavy atom. The Hall–Kier alpha value is -1.87. The Balaban J connectivity index is 1.82. The molecule has 1 heterocycles. The summed E-state index contributed by atoms with van der Waals surface area (Å²) in [5, 5.41) is 2.43. The van der Waals surface area contributed by atoms with Gasteiger partial charge in [0.25, 0.3) is 0 Å². The number of ketones is 1. The third kappa shape index (κ3) is 2.18. The van der Waals surface area contributed by atoms with E-state index in [1.54, 1.807) is 0 Å². The number of rotatable bonds is 2. The molecule has 1 saturated heterocycles. The van der Waals surface area contributed by atoms with Crippen LogP contribution in [0.3, 0.4) is 0 Å². The number of anilines is 1. The molecule has 0 unspecified atom stereocenters. The van der Waals surface area contributed by atoms with Gasteiger partial charge in [-0.2, -0.15) is 0 Å². The molecule has 0 aromatic heterocycles. The molecule has 0 amide bonds. The van der Waals surface area contributed by atoms with Crippen LogP contribution in [0, 0.1) is 0 Å². The van der Waals surface area contributed by atoms with Crippen LogP contribution in [0.2, 0.25) is 0 Å². The van der Waals surface area contributed by atoms with Gasteiger partial charge in [0.2, 0.25) is 0 Å². The summed E-state index contributed by atoms with van der Waals surface area (Å²) in [4.78, 5) is 17.8. The summed E-state index contributed by atoms with van der Waals surface area (Å²) in [6.07, 6.45) is 1.20. The molecule has 2 aromatic carbocycles. The Morgan fingerprint density at radius 1 is 1.04 bits per heavy atom. The van der Waals surface area contributed by atoms with Gasteiger partial charge in [-0.1, -0.05) is 31.2 Å². The van der Waals surface area contributed by atoms with Gasteiger partial charge in [-0.3, -0.25) is 4.79 Å². The van der Waals surface area contributed by atoms with Crippen LogP contribution < -0.4 is 4.90 Å². The summed E-state index contributed by atoms with van der Waals surface area (Å²) in [6, 6.07) is 10.7. The van der Waals surface area contributed by atoms with Crippen LogP contribution in [0.25, 0.3) is 10.8 Å². The fourth-order valence-electron chi connectivity index (χ4n) is 4.36. The van der Waals surface area contributed by atoms with E-state index in [9.17, 15) is 4.79 Å². The van der Waals surface area contributed by atoms with E-state index >= 15 is 0 Å². The fraction of sp³-hybridized carbons (Fsp3) is 0.476. The highest BCUT2D eigenvalue weighted by atomic mass is 16.1. The van der Waals surface area contributed by atoms with Crippen LogP contribution in [-0.4, -0.2) is 43.4 Å². The van der Waals surface area contributed by atoms with Gasteiger partial charge in [0, 0.05) is 36.3 Å². The molecule has 1 aliphatic heterocycles. The third-order valence-electron chi connectivity index (χ3n) is 5.88. The minimum atomic E-state index is -0.405. The van der Waals surface area contributed by atoms with Gasteiger partial charge in [-0.15, -0.1) is 0 Å². The number of Topliss-reactive ketones (excluding diaryl/α,β-unsaturated/α-hetero) is 1. The smallest absolute Gasteiger partial charge is 0.173 e. The van der Waals surface area contributed by atoms with Crippen molar-refractivity contribution in [2.45, 2.75) is 32.6 Å². The monoisotopic (exact) mass is 322 g/mol. The fourth-order valence-corrected chi connectivity index (χ4v) is 4.36. The lowest BCUT2D eigenvalue weighted by atomic mass is 9.84. The van der Waals surface area contributed by atoms with Gasteiger partial charge < -0.3 is 9.80 Å². The van der Waals surface area contributed by atoms with Gasteiger partial charge in [-0.25, -0.2) is 0 Å². The number of benzene rings is 2. The highest BCUT2D eigenvalue weighted by molar-refractivity contribution is 6.21. The van der Waals surface area contributed by atoms with E-state index in [0.29, 0.717) is 0 Å². The molecule has 0 atom stereocenters. The van der Waals surface area contributed by atoms with E-state index < -0.39 is 5.41 Å². The molecule has 0 spiro atoms. The Morgan fingerprint density at radius 3 is 2.67 bits per heavy atom. The van der Waals surface area contributed by atoms with E-state index in [4.69, 9.17) is 0 Å². The van der Waals surface area contributed by atoms with E-state index in [1.807, 2.05) is 12.1 Å². The summed E-state index contributed by atoms with van der Waals surface area (Å²) in [7, 11) is 0. The zero-order valence-electron chi connectivity index (χ0n) is 14.9. The Kier molecular flexibility index (Phi) is 3.65. The molecule has 4 rings (SSSR count). The van der Waals surface area contributed by atoms with Crippen molar-refractivity contribution in [2.75, 3.05) is 37.6 Å². The second-order valence-electron chi connectivity index (χ2n) is 7.59. The highest BCUT2D eigenvalue weighted by Gasteiger charge is 2.40. The summed E-state index contributed by atoms with van der Waals surface area (Å²) in [5.41, 5.74) is 2.98. The van der Waals surface area contributed by atoms with Crippen molar-refractivity contribution >= 4 is 22.2 Å². The third-order valence-corrected chi connectivity index (χ3v) is 5.88.